The highest BCUT2D eigenvalue weighted by Crippen LogP contribution is 2.21. The number of aliphatic hydroxyl groups excluding tert-OH is 1. The number of nitrogens with zero attached hydrogens (tertiary/aromatic N) is 1. The first-order valence-corrected chi connectivity index (χ1v) is 7.49. The molecule has 7 heteroatoms. The van der Waals surface area contributed by atoms with Gasteiger partial charge in [0.1, 0.15) is 0 Å². The Labute approximate surface area is 135 Å². The predicted molar refractivity (Wildman–Crippen MR) is 85.1 cm³/mol. The van der Waals surface area contributed by atoms with E-state index in [4.69, 9.17) is 28.3 Å². The second-order valence-corrected chi connectivity index (χ2v) is 5.82. The number of rotatable bonds is 3. The van der Waals surface area contributed by atoms with Crippen molar-refractivity contribution in [3.05, 3.63) is 44.9 Å². The first-order valence-electron chi connectivity index (χ1n) is 5.91. The van der Waals surface area contributed by atoms with Gasteiger partial charge in [0.2, 0.25) is 0 Å². The van der Waals surface area contributed by atoms with E-state index in [1.807, 2.05) is 0 Å². The lowest BCUT2D eigenvalue weighted by atomic mass is 10.2. The van der Waals surface area contributed by atoms with Crippen molar-refractivity contribution in [3.8, 4) is 11.8 Å². The first kappa shape index (κ1) is 15.8. The smallest absolute Gasteiger partial charge is 0.257 e. The van der Waals surface area contributed by atoms with Crippen LogP contribution in [0.2, 0.25) is 10.0 Å². The van der Waals surface area contributed by atoms with Gasteiger partial charge in [0, 0.05) is 22.0 Å². The van der Waals surface area contributed by atoms with Crippen molar-refractivity contribution in [1.82, 2.24) is 4.98 Å². The Kier molecular flexibility index (Phi) is 5.59. The van der Waals surface area contributed by atoms with E-state index in [9.17, 15) is 4.79 Å². The summed E-state index contributed by atoms with van der Waals surface area (Å²) in [6.45, 7) is 0.0188. The molecule has 21 heavy (non-hydrogen) atoms. The molecule has 0 saturated heterocycles. The number of nitrogens with one attached hydrogen (secondary N) is 1. The third kappa shape index (κ3) is 4.73. The molecule has 108 valence electrons. The zero-order valence-electron chi connectivity index (χ0n) is 10.7. The Bertz CT molecular complexity index is 699. The molecule has 1 heterocycles. The quantitative estimate of drug-likeness (QED) is 0.841. The van der Waals surface area contributed by atoms with Gasteiger partial charge >= 0.3 is 0 Å². The van der Waals surface area contributed by atoms with E-state index in [1.165, 1.54) is 23.5 Å². The molecule has 1 aromatic heterocycles. The minimum atomic E-state index is -0.344. The minimum absolute atomic E-state index is 0.0188. The lowest BCUT2D eigenvalue weighted by Crippen LogP contribution is -2.11. The molecule has 4 nitrogen and oxygen atoms in total. The van der Waals surface area contributed by atoms with Crippen molar-refractivity contribution in [1.29, 1.82) is 0 Å². The van der Waals surface area contributed by atoms with Gasteiger partial charge in [-0.15, -0.1) is 0 Å². The molecule has 0 aliphatic heterocycles. The molecule has 1 aromatic carbocycles. The maximum atomic E-state index is 12.1. The van der Waals surface area contributed by atoms with Crippen LogP contribution in [0.15, 0.2) is 24.4 Å². The van der Waals surface area contributed by atoms with Crippen molar-refractivity contribution >= 4 is 45.6 Å². The molecule has 0 unspecified atom stereocenters. The van der Waals surface area contributed by atoms with E-state index < -0.39 is 0 Å². The monoisotopic (exact) mass is 340 g/mol. The number of hydrogen-bond donors (Lipinski definition) is 2. The SMILES string of the molecule is O=C(Nc1ncc(C#CCCO)s1)c1cc(Cl)cc(Cl)c1. The summed E-state index contributed by atoms with van der Waals surface area (Å²) in [7, 11) is 0. The molecule has 2 N–H and O–H groups in total. The summed E-state index contributed by atoms with van der Waals surface area (Å²) in [6.07, 6.45) is 1.97. The van der Waals surface area contributed by atoms with Gasteiger partial charge in [-0.1, -0.05) is 46.4 Å². The van der Waals surface area contributed by atoms with Crippen LogP contribution in [0.25, 0.3) is 0 Å². The fourth-order valence-electron chi connectivity index (χ4n) is 1.45. The van der Waals surface area contributed by atoms with E-state index >= 15 is 0 Å². The van der Waals surface area contributed by atoms with Crippen molar-refractivity contribution < 1.29 is 9.90 Å². The Morgan fingerprint density at radius 3 is 2.71 bits per heavy atom. The van der Waals surface area contributed by atoms with Crippen LogP contribution < -0.4 is 5.32 Å². The number of carbonyl (C=O) groups excluding carboxylic acids is 1. The highest BCUT2D eigenvalue weighted by Gasteiger charge is 2.10. The zero-order chi connectivity index (χ0) is 15.2. The molecule has 2 aromatic rings. The number of anilines is 1. The van der Waals surface area contributed by atoms with Crippen LogP contribution in [0, 0.1) is 11.8 Å². The lowest BCUT2D eigenvalue weighted by molar-refractivity contribution is 0.102. The van der Waals surface area contributed by atoms with Gasteiger partial charge in [0.25, 0.3) is 5.91 Å². The number of hydrogen-bond acceptors (Lipinski definition) is 4. The molecule has 0 fully saturated rings. The molecule has 0 atom stereocenters. The normalized spacial score (nSPS) is 9.86. The van der Waals surface area contributed by atoms with Gasteiger partial charge in [-0.3, -0.25) is 10.1 Å². The van der Waals surface area contributed by atoms with Crippen molar-refractivity contribution in [2.75, 3.05) is 11.9 Å². The third-order valence-electron chi connectivity index (χ3n) is 2.30. The summed E-state index contributed by atoms with van der Waals surface area (Å²) in [5.74, 6) is 5.29. The van der Waals surface area contributed by atoms with Gasteiger partial charge in [0.05, 0.1) is 17.7 Å². The van der Waals surface area contributed by atoms with Crippen LogP contribution in [0.4, 0.5) is 5.13 Å². The zero-order valence-corrected chi connectivity index (χ0v) is 13.0. The number of aromatic nitrogens is 1. The van der Waals surface area contributed by atoms with Crippen molar-refractivity contribution in [2.45, 2.75) is 6.42 Å². The van der Waals surface area contributed by atoms with E-state index in [0.717, 1.165) is 0 Å². The number of amides is 1. The highest BCUT2D eigenvalue weighted by molar-refractivity contribution is 7.16. The van der Waals surface area contributed by atoms with Gasteiger partial charge in [-0.2, -0.15) is 0 Å². The Morgan fingerprint density at radius 1 is 1.33 bits per heavy atom. The summed E-state index contributed by atoms with van der Waals surface area (Å²) < 4.78 is 0. The average Bonchev–Trinajstić information content (AvgIpc) is 2.85. The van der Waals surface area contributed by atoms with Gasteiger partial charge in [-0.25, -0.2) is 4.98 Å². The molecule has 1 amide bonds. The minimum Gasteiger partial charge on any atom is -0.395 e. The largest absolute Gasteiger partial charge is 0.395 e. The van der Waals surface area contributed by atoms with Crippen LogP contribution in [0.5, 0.6) is 0 Å². The van der Waals surface area contributed by atoms with Crippen LogP contribution in [0.3, 0.4) is 0 Å². The molecular weight excluding hydrogens is 331 g/mol. The van der Waals surface area contributed by atoms with E-state index in [-0.39, 0.29) is 12.5 Å². The lowest BCUT2D eigenvalue weighted by Gasteiger charge is -2.02. The van der Waals surface area contributed by atoms with Crippen molar-refractivity contribution in [3.63, 3.8) is 0 Å². The number of halogens is 2. The van der Waals surface area contributed by atoms with Gasteiger partial charge < -0.3 is 5.11 Å². The maximum absolute atomic E-state index is 12.1. The van der Waals surface area contributed by atoms with Crippen LogP contribution in [0.1, 0.15) is 21.7 Å². The third-order valence-corrected chi connectivity index (χ3v) is 3.56. The molecule has 0 bridgehead atoms. The number of benzene rings is 1. The molecule has 0 aliphatic rings. The van der Waals surface area contributed by atoms with E-state index in [0.29, 0.717) is 32.0 Å². The molecule has 0 saturated carbocycles. The predicted octanol–water partition coefficient (Wildman–Crippen LogP) is 3.44. The number of thiazole rings is 1. The fourth-order valence-corrected chi connectivity index (χ4v) is 2.66. The van der Waals surface area contributed by atoms with Gasteiger partial charge in [0.15, 0.2) is 5.13 Å². The van der Waals surface area contributed by atoms with Crippen LogP contribution in [-0.4, -0.2) is 22.6 Å². The summed E-state index contributed by atoms with van der Waals surface area (Å²) in [5, 5.41) is 12.5. The molecule has 2 rings (SSSR count). The van der Waals surface area contributed by atoms with Crippen molar-refractivity contribution in [2.24, 2.45) is 0 Å². The van der Waals surface area contributed by atoms with Crippen LogP contribution >= 0.6 is 34.5 Å². The maximum Gasteiger partial charge on any atom is 0.257 e. The average molecular weight is 341 g/mol. The summed E-state index contributed by atoms with van der Waals surface area (Å²) >= 11 is 13.0. The number of carbonyl (C=O) groups is 1. The standard InChI is InChI=1S/C14H10Cl2N2O2S/c15-10-5-9(6-11(16)7-10)13(20)18-14-17-8-12(21-14)3-1-2-4-19/h5-8,19H,2,4H2,(H,17,18,20). The van der Waals surface area contributed by atoms with E-state index in [1.54, 1.807) is 12.3 Å². The summed E-state index contributed by atoms with van der Waals surface area (Å²) in [4.78, 5) is 16.8. The molecule has 0 spiro atoms. The topological polar surface area (TPSA) is 62.2 Å². The molecule has 0 aliphatic carbocycles. The fraction of sp³-hybridized carbons (Fsp3) is 0.143. The Morgan fingerprint density at radius 2 is 2.05 bits per heavy atom. The van der Waals surface area contributed by atoms with Crippen LogP contribution in [-0.2, 0) is 0 Å². The van der Waals surface area contributed by atoms with E-state index in [2.05, 4.69) is 22.1 Å². The van der Waals surface area contributed by atoms with Gasteiger partial charge in [-0.05, 0) is 18.2 Å². The summed E-state index contributed by atoms with van der Waals surface area (Å²) in [5.41, 5.74) is 0.357. The second-order valence-electron chi connectivity index (χ2n) is 3.92. The second kappa shape index (κ2) is 7.43. The Hall–Kier alpha value is -1.58. The Balaban J connectivity index is 2.08. The summed E-state index contributed by atoms with van der Waals surface area (Å²) in [6, 6.07) is 4.61. The first-order chi connectivity index (χ1) is 10.1. The highest BCUT2D eigenvalue weighted by atomic mass is 35.5. The molecule has 0 radical (unpaired) electrons. The number of aliphatic hydroxyl groups is 1. The molecular formula is C14H10Cl2N2O2S.